The Bertz CT molecular complexity index is 334. The van der Waals surface area contributed by atoms with Crippen LogP contribution in [0, 0.1) is 0 Å². The molecule has 0 aromatic carbocycles. The van der Waals surface area contributed by atoms with Crippen molar-refractivity contribution >= 4 is 35.6 Å². The molecule has 24 heavy (non-hydrogen) atoms. The Balaban J connectivity index is 0. The van der Waals surface area contributed by atoms with E-state index in [-0.39, 0.29) is 36.3 Å². The van der Waals surface area contributed by atoms with Gasteiger partial charge in [-0.25, -0.2) is 0 Å². The lowest BCUT2D eigenvalue weighted by Gasteiger charge is -2.40. The minimum atomic E-state index is -0.506. The second-order valence-electron chi connectivity index (χ2n) is 7.74. The van der Waals surface area contributed by atoms with Crippen molar-refractivity contribution in [3.63, 3.8) is 0 Å². The molecular weight excluding hydrogens is 375 g/mol. The van der Waals surface area contributed by atoms with Gasteiger partial charge in [-0.15, -0.1) is 35.6 Å². The fourth-order valence-electron chi connectivity index (χ4n) is 2.66. The summed E-state index contributed by atoms with van der Waals surface area (Å²) in [5.41, 5.74) is 0. The Morgan fingerprint density at radius 2 is 1.38 bits per heavy atom. The van der Waals surface area contributed by atoms with E-state index in [4.69, 9.17) is 27.9 Å². The maximum Gasteiger partial charge on any atom is 0.116 e. The third kappa shape index (κ3) is 10.6. The lowest BCUT2D eigenvalue weighted by molar-refractivity contribution is -0.919. The zero-order valence-corrected chi connectivity index (χ0v) is 18.2. The second-order valence-corrected chi connectivity index (χ2v) is 8.35. The van der Waals surface area contributed by atoms with Gasteiger partial charge in [-0.3, -0.25) is 0 Å². The molecule has 0 spiro atoms. The van der Waals surface area contributed by atoms with Gasteiger partial charge in [0.25, 0.3) is 0 Å². The van der Waals surface area contributed by atoms with E-state index in [0.717, 1.165) is 6.54 Å². The summed E-state index contributed by atoms with van der Waals surface area (Å²) in [4.78, 5) is 0. The fourth-order valence-corrected chi connectivity index (χ4v) is 2.86. The van der Waals surface area contributed by atoms with Crippen LogP contribution in [0.4, 0.5) is 0 Å². The number of hydrogen-bond acceptors (Lipinski definition) is 3. The number of likely N-dealkylation sites (N-methyl/N-ethyl adjacent to an activating group) is 2. The summed E-state index contributed by atoms with van der Waals surface area (Å²) < 4.78 is 7.31. The summed E-state index contributed by atoms with van der Waals surface area (Å²) in [5.74, 6) is 0.503. The van der Waals surface area contributed by atoms with Crippen molar-refractivity contribution in [1.29, 1.82) is 0 Å². The smallest absolute Gasteiger partial charge is 0.116 e. The molecule has 148 valence electrons. The van der Waals surface area contributed by atoms with Gasteiger partial charge in [0.05, 0.1) is 46.6 Å². The molecule has 0 rings (SSSR count). The van der Waals surface area contributed by atoms with Crippen LogP contribution in [0.15, 0.2) is 0 Å². The van der Waals surface area contributed by atoms with Crippen LogP contribution in [0.2, 0.25) is 0 Å². The molecule has 8 heteroatoms. The number of aliphatic hydroxyl groups is 2. The van der Waals surface area contributed by atoms with Gasteiger partial charge < -0.3 is 23.9 Å². The highest BCUT2D eigenvalue weighted by atomic mass is 35.5. The quantitative estimate of drug-likeness (QED) is 0.378. The molecule has 0 aliphatic carbocycles. The number of aliphatic hydroxyl groups excluding tert-OH is 2. The summed E-state index contributed by atoms with van der Waals surface area (Å²) in [5, 5.41) is 19.5. The van der Waals surface area contributed by atoms with E-state index in [1.54, 1.807) is 0 Å². The molecule has 4 unspecified atom stereocenters. The van der Waals surface area contributed by atoms with Gasteiger partial charge in [0.15, 0.2) is 0 Å². The van der Waals surface area contributed by atoms with Crippen LogP contribution in [0.25, 0.3) is 0 Å². The Morgan fingerprint density at radius 3 is 1.83 bits per heavy atom. The molecule has 0 fully saturated rings. The average molecular weight is 412 g/mol. The maximum absolute atomic E-state index is 9.79. The summed E-state index contributed by atoms with van der Waals surface area (Å²) in [6, 6.07) is 0.233. The summed E-state index contributed by atoms with van der Waals surface area (Å²) in [6.45, 7) is 6.82. The van der Waals surface area contributed by atoms with E-state index >= 15 is 0 Å². The second kappa shape index (κ2) is 12.1. The predicted molar refractivity (Wildman–Crippen MR) is 104 cm³/mol. The Labute approximate surface area is 164 Å². The molecular formula is C16H37Cl3N2O3+2. The standard InChI is InChI=1S/C16H36Cl2N2O3.ClH/c1-13(20(5,6)12-16(22)10-18)14(2)23-8-7-19(3,4)11-15(21)9-17;/h13-16,21-22H,7-12H2,1-6H3;1H/q+2;. The number of hydrogen-bond donors (Lipinski definition) is 2. The van der Waals surface area contributed by atoms with Gasteiger partial charge in [-0.1, -0.05) is 0 Å². The maximum atomic E-state index is 9.79. The Hall–Kier alpha value is 0.670. The molecule has 0 saturated heterocycles. The first-order valence-electron chi connectivity index (χ1n) is 8.19. The topological polar surface area (TPSA) is 49.7 Å². The Kier molecular flexibility index (Phi) is 13.6. The molecule has 0 amide bonds. The first kappa shape index (κ1) is 26.9. The van der Waals surface area contributed by atoms with E-state index in [2.05, 4.69) is 42.0 Å². The minimum Gasteiger partial charge on any atom is -0.386 e. The van der Waals surface area contributed by atoms with Crippen LogP contribution in [0.5, 0.6) is 0 Å². The van der Waals surface area contributed by atoms with Crippen molar-refractivity contribution in [3.05, 3.63) is 0 Å². The molecule has 0 aromatic rings. The van der Waals surface area contributed by atoms with Gasteiger partial charge in [-0.2, -0.15) is 0 Å². The summed E-state index contributed by atoms with van der Waals surface area (Å²) >= 11 is 11.4. The van der Waals surface area contributed by atoms with Crippen LogP contribution in [-0.2, 0) is 4.74 Å². The molecule has 5 nitrogen and oxygen atoms in total. The van der Waals surface area contributed by atoms with Gasteiger partial charge in [0, 0.05) is 0 Å². The van der Waals surface area contributed by atoms with E-state index in [1.165, 1.54) is 0 Å². The molecule has 0 saturated carbocycles. The molecule has 0 aliphatic heterocycles. The van der Waals surface area contributed by atoms with Crippen molar-refractivity contribution < 1.29 is 23.9 Å². The SMILES string of the molecule is CC(OCC[N+](C)(C)CC(O)CCl)C(C)[N+](C)(C)CC(O)CCl.Cl. The van der Waals surface area contributed by atoms with Gasteiger partial charge in [0.2, 0.25) is 0 Å². The van der Waals surface area contributed by atoms with Crippen molar-refractivity contribution in [2.75, 3.05) is 66.2 Å². The van der Waals surface area contributed by atoms with Crippen LogP contribution in [0.3, 0.4) is 0 Å². The predicted octanol–water partition coefficient (Wildman–Crippen LogP) is 1.55. The lowest BCUT2D eigenvalue weighted by Crippen LogP contribution is -2.56. The van der Waals surface area contributed by atoms with Crippen LogP contribution >= 0.6 is 35.6 Å². The molecule has 0 bridgehead atoms. The van der Waals surface area contributed by atoms with Crippen molar-refractivity contribution in [1.82, 2.24) is 0 Å². The minimum absolute atomic E-state index is 0. The normalized spacial score (nSPS) is 17.8. The number of nitrogens with zero attached hydrogens (tertiary/aromatic N) is 2. The van der Waals surface area contributed by atoms with Crippen molar-refractivity contribution in [3.8, 4) is 0 Å². The van der Waals surface area contributed by atoms with Crippen LogP contribution in [0.1, 0.15) is 13.8 Å². The molecule has 0 aromatic heterocycles. The summed E-state index contributed by atoms with van der Waals surface area (Å²) in [6.07, 6.45) is -0.935. The van der Waals surface area contributed by atoms with Crippen LogP contribution < -0.4 is 0 Å². The zero-order chi connectivity index (χ0) is 18.3. The monoisotopic (exact) mass is 410 g/mol. The van der Waals surface area contributed by atoms with Crippen molar-refractivity contribution in [2.45, 2.75) is 38.2 Å². The van der Waals surface area contributed by atoms with E-state index < -0.39 is 12.2 Å². The van der Waals surface area contributed by atoms with E-state index in [0.29, 0.717) is 28.7 Å². The number of rotatable bonds is 12. The number of halogens is 3. The average Bonchev–Trinajstić information content (AvgIpc) is 2.44. The first-order chi connectivity index (χ1) is 10.4. The molecule has 0 heterocycles. The number of quaternary nitrogens is 2. The van der Waals surface area contributed by atoms with E-state index in [9.17, 15) is 10.2 Å². The van der Waals surface area contributed by atoms with E-state index in [1.807, 2.05) is 0 Å². The van der Waals surface area contributed by atoms with Gasteiger partial charge >= 0.3 is 0 Å². The first-order valence-corrected chi connectivity index (χ1v) is 9.26. The Morgan fingerprint density at radius 1 is 0.917 bits per heavy atom. The fraction of sp³-hybridized carbons (Fsp3) is 1.00. The van der Waals surface area contributed by atoms with Gasteiger partial charge in [0.1, 0.15) is 44.0 Å². The third-order valence-electron chi connectivity index (χ3n) is 4.60. The highest BCUT2D eigenvalue weighted by Gasteiger charge is 2.32. The zero-order valence-electron chi connectivity index (χ0n) is 15.9. The van der Waals surface area contributed by atoms with Crippen LogP contribution in [-0.4, -0.2) is 110 Å². The highest BCUT2D eigenvalue weighted by molar-refractivity contribution is 6.18. The number of alkyl halides is 2. The number of ether oxygens (including phenoxy) is 1. The van der Waals surface area contributed by atoms with Crippen molar-refractivity contribution in [2.24, 2.45) is 0 Å². The van der Waals surface area contributed by atoms with Gasteiger partial charge in [-0.05, 0) is 13.8 Å². The molecule has 4 atom stereocenters. The molecule has 2 N–H and O–H groups in total. The largest absolute Gasteiger partial charge is 0.386 e. The third-order valence-corrected chi connectivity index (χ3v) is 5.31. The highest BCUT2D eigenvalue weighted by Crippen LogP contribution is 2.15. The molecule has 0 aliphatic rings. The summed E-state index contributed by atoms with van der Waals surface area (Å²) in [7, 11) is 8.28. The lowest BCUT2D eigenvalue weighted by atomic mass is 10.1. The molecule has 0 radical (unpaired) electrons.